The summed E-state index contributed by atoms with van der Waals surface area (Å²) < 4.78 is 0. The highest BCUT2D eigenvalue weighted by Crippen LogP contribution is 2.12. The van der Waals surface area contributed by atoms with Crippen LogP contribution in [-0.2, 0) is 16.1 Å². The molecule has 0 radical (unpaired) electrons. The second-order valence-electron chi connectivity index (χ2n) is 4.70. The van der Waals surface area contributed by atoms with Crippen molar-refractivity contribution in [3.05, 3.63) is 24.0 Å². The van der Waals surface area contributed by atoms with E-state index in [1.165, 1.54) is 4.90 Å². The van der Waals surface area contributed by atoms with Crippen LogP contribution in [-0.4, -0.2) is 46.2 Å². The molecule has 0 spiro atoms. The Morgan fingerprint density at radius 2 is 2.00 bits per heavy atom. The van der Waals surface area contributed by atoms with Gasteiger partial charge in [0.05, 0.1) is 17.9 Å². The monoisotopic (exact) mass is 277 g/mol. The van der Waals surface area contributed by atoms with Crippen LogP contribution in [0.15, 0.2) is 18.3 Å². The molecule has 2 amide bonds. The van der Waals surface area contributed by atoms with E-state index >= 15 is 0 Å². The van der Waals surface area contributed by atoms with Gasteiger partial charge in [-0.15, -0.1) is 0 Å². The highest BCUT2D eigenvalue weighted by atomic mass is 16.2. The fraction of sp³-hybridized carbons (Fsp3) is 0.462. The van der Waals surface area contributed by atoms with E-state index in [9.17, 15) is 9.59 Å². The summed E-state index contributed by atoms with van der Waals surface area (Å²) >= 11 is 0. The zero-order valence-electron chi connectivity index (χ0n) is 11.5. The number of hydrazine groups is 1. The van der Waals surface area contributed by atoms with Crippen molar-refractivity contribution in [2.75, 3.05) is 25.1 Å². The molecular weight excluding hydrogens is 258 g/mol. The summed E-state index contributed by atoms with van der Waals surface area (Å²) in [7, 11) is 0. The number of piperazine rings is 1. The van der Waals surface area contributed by atoms with Crippen molar-refractivity contribution in [3.8, 4) is 0 Å². The topological polar surface area (TPSA) is 91.6 Å². The Kier molecular flexibility index (Phi) is 4.52. The molecule has 7 heteroatoms. The molecule has 1 aliphatic rings. The van der Waals surface area contributed by atoms with Crippen LogP contribution in [0.25, 0.3) is 0 Å². The number of hydrogen-bond acceptors (Lipinski definition) is 5. The summed E-state index contributed by atoms with van der Waals surface area (Å²) in [6.45, 7) is 4.04. The molecule has 0 aliphatic carbocycles. The van der Waals surface area contributed by atoms with Crippen molar-refractivity contribution in [2.24, 2.45) is 5.84 Å². The van der Waals surface area contributed by atoms with Gasteiger partial charge in [0, 0.05) is 25.8 Å². The van der Waals surface area contributed by atoms with Gasteiger partial charge in [-0.25, -0.2) is 0 Å². The third-order valence-corrected chi connectivity index (χ3v) is 3.23. The summed E-state index contributed by atoms with van der Waals surface area (Å²) in [4.78, 5) is 31.3. The van der Waals surface area contributed by atoms with Crippen molar-refractivity contribution < 1.29 is 9.59 Å². The molecule has 0 atom stereocenters. The molecule has 2 heterocycles. The number of hydrogen-bond donors (Lipinski definition) is 2. The van der Waals surface area contributed by atoms with Crippen molar-refractivity contribution in [1.82, 2.24) is 14.8 Å². The van der Waals surface area contributed by atoms with Gasteiger partial charge in [0.1, 0.15) is 0 Å². The van der Waals surface area contributed by atoms with Crippen LogP contribution < -0.4 is 11.3 Å². The van der Waals surface area contributed by atoms with Gasteiger partial charge in [-0.05, 0) is 18.6 Å². The van der Waals surface area contributed by atoms with E-state index in [1.54, 1.807) is 23.2 Å². The number of aromatic nitrogens is 1. The van der Waals surface area contributed by atoms with E-state index in [1.807, 2.05) is 6.92 Å². The minimum Gasteiger partial charge on any atom is -0.333 e. The molecule has 0 saturated carbocycles. The lowest BCUT2D eigenvalue weighted by Gasteiger charge is -2.33. The first-order valence-corrected chi connectivity index (χ1v) is 6.65. The van der Waals surface area contributed by atoms with Crippen LogP contribution in [0.5, 0.6) is 0 Å². The second kappa shape index (κ2) is 6.33. The van der Waals surface area contributed by atoms with Crippen molar-refractivity contribution in [3.63, 3.8) is 0 Å². The van der Waals surface area contributed by atoms with E-state index in [0.29, 0.717) is 31.9 Å². The number of amides is 2. The summed E-state index contributed by atoms with van der Waals surface area (Å²) in [5.74, 6) is 4.45. The Bertz CT molecular complexity index is 505. The van der Waals surface area contributed by atoms with Gasteiger partial charge >= 0.3 is 11.8 Å². The maximum absolute atomic E-state index is 12.0. The Morgan fingerprint density at radius 3 is 2.70 bits per heavy atom. The summed E-state index contributed by atoms with van der Waals surface area (Å²) in [5.41, 5.74) is 3.95. The normalized spacial score (nSPS) is 15.7. The highest BCUT2D eigenvalue weighted by Gasteiger charge is 2.31. The first-order chi connectivity index (χ1) is 9.65. The average Bonchev–Trinajstić information content (AvgIpc) is 2.47. The van der Waals surface area contributed by atoms with Crippen LogP contribution in [0.4, 0.5) is 5.69 Å². The summed E-state index contributed by atoms with van der Waals surface area (Å²) in [5, 5.41) is 0. The van der Waals surface area contributed by atoms with Crippen molar-refractivity contribution in [1.29, 1.82) is 0 Å². The predicted molar refractivity (Wildman–Crippen MR) is 74.3 cm³/mol. The van der Waals surface area contributed by atoms with E-state index in [2.05, 4.69) is 10.4 Å². The van der Waals surface area contributed by atoms with Crippen LogP contribution in [0.1, 0.15) is 19.0 Å². The third kappa shape index (κ3) is 3.05. The number of nitrogens with one attached hydrogen (secondary N) is 1. The summed E-state index contributed by atoms with van der Waals surface area (Å²) in [6, 6.07) is 3.49. The lowest BCUT2D eigenvalue weighted by Crippen LogP contribution is -2.54. The number of nitrogens with zero attached hydrogens (tertiary/aromatic N) is 3. The molecule has 108 valence electrons. The SMILES string of the molecule is CCCN1CCN(Cc2cc(NN)ccn2)C(=O)C1=O. The van der Waals surface area contributed by atoms with Crippen LogP contribution >= 0.6 is 0 Å². The van der Waals surface area contributed by atoms with Gasteiger partial charge in [0.25, 0.3) is 0 Å². The molecule has 20 heavy (non-hydrogen) atoms. The minimum absolute atomic E-state index is 0.320. The smallest absolute Gasteiger partial charge is 0.312 e. The number of anilines is 1. The molecule has 1 aliphatic heterocycles. The molecule has 3 N–H and O–H groups in total. The first-order valence-electron chi connectivity index (χ1n) is 6.65. The number of rotatable bonds is 5. The number of carbonyl (C=O) groups excluding carboxylic acids is 2. The van der Waals surface area contributed by atoms with Crippen LogP contribution in [0.2, 0.25) is 0 Å². The second-order valence-corrected chi connectivity index (χ2v) is 4.70. The van der Waals surface area contributed by atoms with E-state index in [-0.39, 0.29) is 0 Å². The molecule has 0 unspecified atom stereocenters. The quantitative estimate of drug-likeness (QED) is 0.447. The van der Waals surface area contributed by atoms with E-state index in [4.69, 9.17) is 5.84 Å². The highest BCUT2D eigenvalue weighted by molar-refractivity contribution is 6.35. The minimum atomic E-state index is -0.461. The Labute approximate surface area is 117 Å². The lowest BCUT2D eigenvalue weighted by molar-refractivity contribution is -0.156. The molecule has 0 bridgehead atoms. The molecule has 1 aromatic heterocycles. The van der Waals surface area contributed by atoms with Gasteiger partial charge in [0.15, 0.2) is 0 Å². The van der Waals surface area contributed by atoms with Crippen molar-refractivity contribution >= 4 is 17.5 Å². The molecular formula is C13H19N5O2. The number of pyridine rings is 1. The van der Waals surface area contributed by atoms with Crippen LogP contribution in [0.3, 0.4) is 0 Å². The molecule has 0 aromatic carbocycles. The average molecular weight is 277 g/mol. The van der Waals surface area contributed by atoms with E-state index < -0.39 is 11.8 Å². The standard InChI is InChI=1S/C13H19N5O2/c1-2-5-17-6-7-18(13(20)12(17)19)9-11-8-10(16-14)3-4-15-11/h3-4,8H,2,5-7,9,14H2,1H3,(H,15,16). The maximum atomic E-state index is 12.0. The molecule has 7 nitrogen and oxygen atoms in total. The van der Waals surface area contributed by atoms with Gasteiger partial charge in [0.2, 0.25) is 0 Å². The largest absolute Gasteiger partial charge is 0.333 e. The van der Waals surface area contributed by atoms with Gasteiger partial charge in [-0.1, -0.05) is 6.92 Å². The maximum Gasteiger partial charge on any atom is 0.312 e. The fourth-order valence-electron chi connectivity index (χ4n) is 2.20. The number of nitrogen functional groups attached to an aromatic ring is 1. The zero-order chi connectivity index (χ0) is 14.5. The Morgan fingerprint density at radius 1 is 1.30 bits per heavy atom. The van der Waals surface area contributed by atoms with Crippen LogP contribution in [0, 0.1) is 0 Å². The van der Waals surface area contributed by atoms with Gasteiger partial charge in [-0.2, -0.15) is 0 Å². The van der Waals surface area contributed by atoms with Gasteiger partial charge < -0.3 is 15.2 Å². The van der Waals surface area contributed by atoms with E-state index in [0.717, 1.165) is 12.1 Å². The van der Waals surface area contributed by atoms with Crippen molar-refractivity contribution in [2.45, 2.75) is 19.9 Å². The Hall–Kier alpha value is -2.15. The number of nitrogens with two attached hydrogens (primary N) is 1. The summed E-state index contributed by atoms with van der Waals surface area (Å²) in [6.07, 6.45) is 2.47. The molecule has 1 saturated heterocycles. The molecule has 2 rings (SSSR count). The first kappa shape index (κ1) is 14.3. The number of carbonyl (C=O) groups is 2. The predicted octanol–water partition coefficient (Wildman–Crippen LogP) is -0.0520. The molecule has 1 fully saturated rings. The van der Waals surface area contributed by atoms with Gasteiger partial charge in [-0.3, -0.25) is 20.4 Å². The third-order valence-electron chi connectivity index (χ3n) is 3.23. The molecule has 1 aromatic rings. The fourth-order valence-corrected chi connectivity index (χ4v) is 2.20. The lowest BCUT2D eigenvalue weighted by atomic mass is 10.2. The zero-order valence-corrected chi connectivity index (χ0v) is 11.5. The Balaban J connectivity index is 2.03.